The van der Waals surface area contributed by atoms with Crippen LogP contribution in [-0.2, 0) is 13.2 Å². The van der Waals surface area contributed by atoms with Gasteiger partial charge in [0.2, 0.25) is 0 Å². The van der Waals surface area contributed by atoms with Crippen LogP contribution in [0.25, 0.3) is 0 Å². The number of rotatable bonds is 5. The van der Waals surface area contributed by atoms with Crippen molar-refractivity contribution < 1.29 is 15.3 Å². The highest BCUT2D eigenvalue weighted by Crippen LogP contribution is 2.26. The molecule has 1 aromatic heterocycles. The Morgan fingerprint density at radius 1 is 1.42 bits per heavy atom. The van der Waals surface area contributed by atoms with Gasteiger partial charge in [-0.3, -0.25) is 4.98 Å². The van der Waals surface area contributed by atoms with Crippen molar-refractivity contribution in [2.24, 2.45) is 5.92 Å². The summed E-state index contributed by atoms with van der Waals surface area (Å²) in [6.45, 7) is 2.81. The summed E-state index contributed by atoms with van der Waals surface area (Å²) in [5.41, 5.74) is 1.90. The Morgan fingerprint density at radius 2 is 2.21 bits per heavy atom. The van der Waals surface area contributed by atoms with Crippen molar-refractivity contribution in [2.75, 3.05) is 6.54 Å². The molecule has 0 aromatic carbocycles. The molecular weight excluding hydrogens is 244 g/mol. The molecule has 2 unspecified atom stereocenters. The molecule has 1 saturated carbocycles. The molecule has 0 radical (unpaired) electrons. The number of aliphatic hydroxyl groups excluding tert-OH is 2. The van der Waals surface area contributed by atoms with Gasteiger partial charge in [0.1, 0.15) is 5.75 Å². The second-order valence-corrected chi connectivity index (χ2v) is 5.24. The van der Waals surface area contributed by atoms with Crippen LogP contribution in [0.1, 0.15) is 36.1 Å². The van der Waals surface area contributed by atoms with E-state index in [-0.39, 0.29) is 18.5 Å². The summed E-state index contributed by atoms with van der Waals surface area (Å²) >= 11 is 0. The number of hydrogen-bond donors (Lipinski definition) is 4. The zero-order valence-corrected chi connectivity index (χ0v) is 11.3. The molecule has 1 heterocycles. The molecule has 1 aliphatic rings. The van der Waals surface area contributed by atoms with Crippen LogP contribution in [0.4, 0.5) is 0 Å². The minimum atomic E-state index is -0.211. The number of aromatic nitrogens is 1. The number of pyridine rings is 1. The standard InChI is InChI=1S/C14H22N2O3/c1-9-14(19)12(11(8-17)6-16-9)7-15-5-10-3-2-4-13(10)18/h6,10,13,15,17-19H,2-5,7-8H2,1H3. The van der Waals surface area contributed by atoms with Gasteiger partial charge in [0.05, 0.1) is 18.4 Å². The molecule has 0 saturated heterocycles. The summed E-state index contributed by atoms with van der Waals surface area (Å²) in [7, 11) is 0. The number of aromatic hydroxyl groups is 1. The van der Waals surface area contributed by atoms with E-state index in [9.17, 15) is 15.3 Å². The quantitative estimate of drug-likeness (QED) is 0.634. The SMILES string of the molecule is Cc1ncc(CO)c(CNCC2CCCC2O)c1O. The van der Waals surface area contributed by atoms with Crippen LogP contribution >= 0.6 is 0 Å². The van der Waals surface area contributed by atoms with Crippen LogP contribution in [0, 0.1) is 12.8 Å². The number of nitrogens with one attached hydrogen (secondary N) is 1. The normalized spacial score (nSPS) is 22.9. The molecule has 5 heteroatoms. The van der Waals surface area contributed by atoms with Crippen molar-refractivity contribution in [1.29, 1.82) is 0 Å². The Kier molecular flexibility index (Phi) is 4.74. The van der Waals surface area contributed by atoms with Gasteiger partial charge >= 0.3 is 0 Å². The van der Waals surface area contributed by atoms with Gasteiger partial charge in [-0.15, -0.1) is 0 Å². The van der Waals surface area contributed by atoms with Crippen molar-refractivity contribution in [1.82, 2.24) is 10.3 Å². The highest BCUT2D eigenvalue weighted by Gasteiger charge is 2.24. The van der Waals surface area contributed by atoms with Crippen LogP contribution in [0.2, 0.25) is 0 Å². The minimum absolute atomic E-state index is 0.135. The van der Waals surface area contributed by atoms with Crippen LogP contribution in [0.15, 0.2) is 6.20 Å². The van der Waals surface area contributed by atoms with E-state index in [2.05, 4.69) is 10.3 Å². The van der Waals surface area contributed by atoms with Gasteiger partial charge < -0.3 is 20.6 Å². The molecule has 1 aromatic rings. The van der Waals surface area contributed by atoms with E-state index in [4.69, 9.17) is 0 Å². The van der Waals surface area contributed by atoms with Gasteiger partial charge in [-0.25, -0.2) is 0 Å². The van der Waals surface area contributed by atoms with Crippen LogP contribution in [0.5, 0.6) is 5.75 Å². The van der Waals surface area contributed by atoms with Gasteiger partial charge in [0, 0.05) is 30.4 Å². The second kappa shape index (κ2) is 6.32. The van der Waals surface area contributed by atoms with Crippen LogP contribution < -0.4 is 5.32 Å². The first-order chi connectivity index (χ1) is 9.13. The maximum absolute atomic E-state index is 9.99. The fourth-order valence-corrected chi connectivity index (χ4v) is 2.66. The molecule has 5 nitrogen and oxygen atoms in total. The largest absolute Gasteiger partial charge is 0.506 e. The van der Waals surface area contributed by atoms with E-state index in [0.29, 0.717) is 29.3 Å². The predicted octanol–water partition coefficient (Wildman–Crippen LogP) is 0.839. The van der Waals surface area contributed by atoms with Crippen LogP contribution in [0.3, 0.4) is 0 Å². The maximum Gasteiger partial charge on any atom is 0.141 e. The first-order valence-electron chi connectivity index (χ1n) is 6.79. The molecule has 2 atom stereocenters. The maximum atomic E-state index is 9.99. The molecular formula is C14H22N2O3. The molecule has 0 amide bonds. The van der Waals surface area contributed by atoms with E-state index >= 15 is 0 Å². The fraction of sp³-hybridized carbons (Fsp3) is 0.643. The molecule has 106 valence electrons. The average Bonchev–Trinajstić information content (AvgIpc) is 2.80. The Morgan fingerprint density at radius 3 is 2.84 bits per heavy atom. The van der Waals surface area contributed by atoms with Gasteiger partial charge in [-0.2, -0.15) is 0 Å². The second-order valence-electron chi connectivity index (χ2n) is 5.24. The first kappa shape index (κ1) is 14.2. The van der Waals surface area contributed by atoms with Crippen molar-refractivity contribution in [3.63, 3.8) is 0 Å². The lowest BCUT2D eigenvalue weighted by atomic mass is 10.1. The Bertz CT molecular complexity index is 437. The van der Waals surface area contributed by atoms with Crippen molar-refractivity contribution in [2.45, 2.75) is 45.4 Å². The summed E-state index contributed by atoms with van der Waals surface area (Å²) < 4.78 is 0. The van der Waals surface area contributed by atoms with Crippen molar-refractivity contribution >= 4 is 0 Å². The Hall–Kier alpha value is -1.17. The Labute approximate surface area is 113 Å². The number of nitrogens with zero attached hydrogens (tertiary/aromatic N) is 1. The molecule has 1 aliphatic carbocycles. The molecule has 1 fully saturated rings. The summed E-state index contributed by atoms with van der Waals surface area (Å²) in [5, 5.41) is 32.3. The zero-order valence-electron chi connectivity index (χ0n) is 11.3. The fourth-order valence-electron chi connectivity index (χ4n) is 2.66. The van der Waals surface area contributed by atoms with E-state index in [1.807, 2.05) is 0 Å². The van der Waals surface area contributed by atoms with Gasteiger partial charge in [0.25, 0.3) is 0 Å². The number of hydrogen-bond acceptors (Lipinski definition) is 5. The van der Waals surface area contributed by atoms with E-state index in [1.54, 1.807) is 13.1 Å². The molecule has 0 spiro atoms. The lowest BCUT2D eigenvalue weighted by Crippen LogP contribution is -2.27. The third-order valence-electron chi connectivity index (χ3n) is 3.93. The third kappa shape index (κ3) is 3.23. The number of aryl methyl sites for hydroxylation is 1. The van der Waals surface area contributed by atoms with E-state index < -0.39 is 0 Å². The average molecular weight is 266 g/mol. The van der Waals surface area contributed by atoms with Crippen molar-refractivity contribution in [3.05, 3.63) is 23.0 Å². The third-order valence-corrected chi connectivity index (χ3v) is 3.93. The number of aliphatic hydroxyl groups is 2. The molecule has 0 aliphatic heterocycles. The highest BCUT2D eigenvalue weighted by molar-refractivity contribution is 5.40. The molecule has 4 N–H and O–H groups in total. The smallest absolute Gasteiger partial charge is 0.141 e. The zero-order chi connectivity index (χ0) is 13.8. The van der Waals surface area contributed by atoms with Crippen molar-refractivity contribution in [3.8, 4) is 5.75 Å². The first-order valence-corrected chi connectivity index (χ1v) is 6.79. The summed E-state index contributed by atoms with van der Waals surface area (Å²) in [6, 6.07) is 0. The lowest BCUT2D eigenvalue weighted by Gasteiger charge is -2.17. The van der Waals surface area contributed by atoms with E-state index in [1.165, 1.54) is 0 Å². The molecule has 0 bridgehead atoms. The topological polar surface area (TPSA) is 85.6 Å². The summed E-state index contributed by atoms with van der Waals surface area (Å²) in [5.74, 6) is 0.439. The molecule has 2 rings (SSSR count). The lowest BCUT2D eigenvalue weighted by molar-refractivity contribution is 0.131. The predicted molar refractivity (Wildman–Crippen MR) is 71.6 cm³/mol. The van der Waals surface area contributed by atoms with Gasteiger partial charge in [-0.1, -0.05) is 6.42 Å². The monoisotopic (exact) mass is 266 g/mol. The summed E-state index contributed by atoms with van der Waals surface area (Å²) in [6.07, 6.45) is 4.39. The Balaban J connectivity index is 1.97. The van der Waals surface area contributed by atoms with Gasteiger partial charge in [-0.05, 0) is 25.7 Å². The molecule has 19 heavy (non-hydrogen) atoms. The highest BCUT2D eigenvalue weighted by atomic mass is 16.3. The van der Waals surface area contributed by atoms with E-state index in [0.717, 1.165) is 25.8 Å². The van der Waals surface area contributed by atoms with Gasteiger partial charge in [0.15, 0.2) is 0 Å². The van der Waals surface area contributed by atoms with Crippen LogP contribution in [-0.4, -0.2) is 33.0 Å². The minimum Gasteiger partial charge on any atom is -0.506 e. The summed E-state index contributed by atoms with van der Waals surface area (Å²) in [4.78, 5) is 4.03.